The molecule has 3 heterocycles. The molecule has 1 aromatic rings. The van der Waals surface area contributed by atoms with E-state index in [9.17, 15) is 23.1 Å². The predicted octanol–water partition coefficient (Wildman–Crippen LogP) is 0.908. The fourth-order valence-corrected chi connectivity index (χ4v) is 3.21. The first-order chi connectivity index (χ1) is 11.8. The zero-order chi connectivity index (χ0) is 18.0. The van der Waals surface area contributed by atoms with Crippen molar-refractivity contribution in [3.63, 3.8) is 0 Å². The van der Waals surface area contributed by atoms with Crippen molar-refractivity contribution in [3.8, 4) is 0 Å². The predicted molar refractivity (Wildman–Crippen MR) is 85.0 cm³/mol. The van der Waals surface area contributed by atoms with E-state index in [1.54, 1.807) is 0 Å². The molecule has 1 amide bonds. The van der Waals surface area contributed by atoms with Crippen LogP contribution < -0.4 is 15.5 Å². The zero-order valence-corrected chi connectivity index (χ0v) is 13.6. The summed E-state index contributed by atoms with van der Waals surface area (Å²) in [6.07, 6.45) is -2.21. The summed E-state index contributed by atoms with van der Waals surface area (Å²) < 4.78 is 37.7. The highest BCUT2D eigenvalue weighted by atomic mass is 19.4. The van der Waals surface area contributed by atoms with E-state index in [1.165, 1.54) is 6.07 Å². The molecule has 3 rings (SSSR count). The van der Waals surface area contributed by atoms with Gasteiger partial charge in [-0.1, -0.05) is 0 Å². The maximum atomic E-state index is 12.6. The Bertz CT molecular complexity index is 600. The van der Waals surface area contributed by atoms with E-state index in [1.807, 2.05) is 4.90 Å². The third kappa shape index (κ3) is 4.40. The number of amides is 1. The van der Waals surface area contributed by atoms with Gasteiger partial charge in [-0.3, -0.25) is 4.79 Å². The summed E-state index contributed by atoms with van der Waals surface area (Å²) >= 11 is 0. The first kappa shape index (κ1) is 17.9. The van der Waals surface area contributed by atoms with Crippen LogP contribution in [0, 0.1) is 0 Å². The number of alkyl halides is 3. The van der Waals surface area contributed by atoms with Crippen LogP contribution in [0.2, 0.25) is 0 Å². The minimum Gasteiger partial charge on any atom is -0.392 e. The van der Waals surface area contributed by atoms with Gasteiger partial charge in [0.05, 0.1) is 17.7 Å². The van der Waals surface area contributed by atoms with E-state index < -0.39 is 17.8 Å². The number of β-amino-alcohol motifs (C(OH)–C–C–N with tert-alkyl or cyclic N) is 1. The van der Waals surface area contributed by atoms with Crippen LogP contribution in [0.1, 0.15) is 24.8 Å². The number of carbonyl (C=O) groups is 1. The van der Waals surface area contributed by atoms with Gasteiger partial charge >= 0.3 is 6.18 Å². The Kier molecular flexibility index (Phi) is 5.14. The Balaban J connectivity index is 1.49. The van der Waals surface area contributed by atoms with E-state index >= 15 is 0 Å². The Morgan fingerprint density at radius 1 is 1.32 bits per heavy atom. The van der Waals surface area contributed by atoms with Gasteiger partial charge in [-0.2, -0.15) is 13.2 Å². The molecule has 25 heavy (non-hydrogen) atoms. The van der Waals surface area contributed by atoms with Crippen molar-refractivity contribution in [3.05, 3.63) is 23.9 Å². The maximum absolute atomic E-state index is 12.6. The number of aliphatic hydroxyl groups excluding tert-OH is 1. The van der Waals surface area contributed by atoms with Crippen LogP contribution in [-0.4, -0.2) is 53.8 Å². The second kappa shape index (κ2) is 7.17. The lowest BCUT2D eigenvalue weighted by Crippen LogP contribution is -2.49. The minimum atomic E-state index is -4.38. The molecule has 2 saturated heterocycles. The average molecular weight is 358 g/mol. The molecule has 3 N–H and O–H groups in total. The molecule has 6 nitrogen and oxygen atoms in total. The van der Waals surface area contributed by atoms with Crippen LogP contribution in [0.4, 0.5) is 19.0 Å². The van der Waals surface area contributed by atoms with Crippen LogP contribution in [0.25, 0.3) is 0 Å². The molecule has 2 unspecified atom stereocenters. The first-order valence-corrected chi connectivity index (χ1v) is 8.33. The number of pyridine rings is 1. The number of piperidine rings is 1. The second-order valence-corrected chi connectivity index (χ2v) is 6.52. The van der Waals surface area contributed by atoms with Crippen molar-refractivity contribution in [1.29, 1.82) is 0 Å². The van der Waals surface area contributed by atoms with Crippen LogP contribution >= 0.6 is 0 Å². The summed E-state index contributed by atoms with van der Waals surface area (Å²) in [4.78, 5) is 17.9. The molecule has 9 heteroatoms. The summed E-state index contributed by atoms with van der Waals surface area (Å²) in [5.41, 5.74) is -0.760. The number of rotatable bonds is 3. The van der Waals surface area contributed by atoms with E-state index in [2.05, 4.69) is 15.6 Å². The fourth-order valence-electron chi connectivity index (χ4n) is 3.21. The van der Waals surface area contributed by atoms with Gasteiger partial charge in [-0.25, -0.2) is 4.98 Å². The Morgan fingerprint density at radius 3 is 2.56 bits per heavy atom. The Labute approximate surface area is 143 Å². The summed E-state index contributed by atoms with van der Waals surface area (Å²) in [7, 11) is 0. The van der Waals surface area contributed by atoms with Gasteiger partial charge in [-0.15, -0.1) is 0 Å². The molecular formula is C16H21F3N4O2. The molecule has 0 bridgehead atoms. The third-order valence-electron chi connectivity index (χ3n) is 4.66. The molecule has 0 saturated carbocycles. The van der Waals surface area contributed by atoms with Crippen molar-refractivity contribution < 1.29 is 23.1 Å². The number of anilines is 1. The molecule has 1 aromatic heterocycles. The Morgan fingerprint density at radius 2 is 2.04 bits per heavy atom. The molecule has 0 aliphatic carbocycles. The SMILES string of the molecule is O=C(NC1CCN(c2ccc(C(F)(F)F)cn2)CC1)C1CC(O)CN1. The number of carbonyl (C=O) groups excluding carboxylic acids is 1. The van der Waals surface area contributed by atoms with Gasteiger partial charge in [0.2, 0.25) is 5.91 Å². The van der Waals surface area contributed by atoms with E-state index in [-0.39, 0.29) is 18.0 Å². The highest BCUT2D eigenvalue weighted by Gasteiger charge is 2.32. The van der Waals surface area contributed by atoms with Crippen molar-refractivity contribution >= 4 is 11.7 Å². The van der Waals surface area contributed by atoms with Gasteiger partial charge in [-0.05, 0) is 31.4 Å². The van der Waals surface area contributed by atoms with Gasteiger partial charge in [0.25, 0.3) is 0 Å². The summed E-state index contributed by atoms with van der Waals surface area (Å²) in [6.45, 7) is 1.66. The molecular weight excluding hydrogens is 337 g/mol. The lowest BCUT2D eigenvalue weighted by atomic mass is 10.0. The molecule has 2 aliphatic rings. The normalized spacial score (nSPS) is 25.2. The smallest absolute Gasteiger partial charge is 0.392 e. The molecule has 138 valence electrons. The molecule has 2 aliphatic heterocycles. The van der Waals surface area contributed by atoms with E-state index in [0.717, 1.165) is 12.3 Å². The standard InChI is InChI=1S/C16H21F3N4O2/c17-16(18,19)10-1-2-14(21-8-10)23-5-3-11(4-6-23)22-15(25)13-7-12(24)9-20-13/h1-2,8,11-13,20,24H,3-7,9H2,(H,22,25). The first-order valence-electron chi connectivity index (χ1n) is 8.33. The molecule has 2 atom stereocenters. The van der Waals surface area contributed by atoms with Crippen LogP contribution in [0.5, 0.6) is 0 Å². The van der Waals surface area contributed by atoms with Crippen molar-refractivity contribution in [2.45, 2.75) is 43.6 Å². The zero-order valence-electron chi connectivity index (χ0n) is 13.6. The highest BCUT2D eigenvalue weighted by molar-refractivity contribution is 5.82. The van der Waals surface area contributed by atoms with Gasteiger partial charge in [0, 0.05) is 31.9 Å². The molecule has 0 aromatic carbocycles. The minimum absolute atomic E-state index is 0.0257. The number of halogens is 3. The second-order valence-electron chi connectivity index (χ2n) is 6.52. The summed E-state index contributed by atoms with van der Waals surface area (Å²) in [6, 6.07) is 2.08. The quantitative estimate of drug-likeness (QED) is 0.749. The van der Waals surface area contributed by atoms with E-state index in [4.69, 9.17) is 0 Å². The van der Waals surface area contributed by atoms with Crippen molar-refractivity contribution in [2.75, 3.05) is 24.5 Å². The summed E-state index contributed by atoms with van der Waals surface area (Å²) in [5.74, 6) is 0.404. The number of aromatic nitrogens is 1. The van der Waals surface area contributed by atoms with Gasteiger partial charge in [0.15, 0.2) is 0 Å². The van der Waals surface area contributed by atoms with E-state index in [0.29, 0.717) is 44.7 Å². The van der Waals surface area contributed by atoms with Crippen LogP contribution in [0.3, 0.4) is 0 Å². The van der Waals surface area contributed by atoms with Crippen molar-refractivity contribution in [1.82, 2.24) is 15.6 Å². The molecule has 0 spiro atoms. The fraction of sp³-hybridized carbons (Fsp3) is 0.625. The molecule has 0 radical (unpaired) electrons. The lowest BCUT2D eigenvalue weighted by Gasteiger charge is -2.33. The lowest BCUT2D eigenvalue weighted by molar-refractivity contribution is -0.137. The topological polar surface area (TPSA) is 77.5 Å². The number of aliphatic hydroxyl groups is 1. The van der Waals surface area contributed by atoms with Crippen LogP contribution in [-0.2, 0) is 11.0 Å². The number of nitrogens with zero attached hydrogens (tertiary/aromatic N) is 2. The van der Waals surface area contributed by atoms with Crippen LogP contribution in [0.15, 0.2) is 18.3 Å². The maximum Gasteiger partial charge on any atom is 0.417 e. The summed E-state index contributed by atoms with van der Waals surface area (Å²) in [5, 5.41) is 15.4. The highest BCUT2D eigenvalue weighted by Crippen LogP contribution is 2.29. The average Bonchev–Trinajstić information content (AvgIpc) is 3.02. The van der Waals surface area contributed by atoms with Gasteiger partial charge < -0.3 is 20.6 Å². The Hall–Kier alpha value is -1.87. The third-order valence-corrected chi connectivity index (χ3v) is 4.66. The van der Waals surface area contributed by atoms with Crippen molar-refractivity contribution in [2.24, 2.45) is 0 Å². The number of nitrogens with one attached hydrogen (secondary N) is 2. The van der Waals surface area contributed by atoms with Gasteiger partial charge in [0.1, 0.15) is 5.82 Å². The largest absolute Gasteiger partial charge is 0.417 e. The number of hydrogen-bond donors (Lipinski definition) is 3. The number of hydrogen-bond acceptors (Lipinski definition) is 5. The molecule has 2 fully saturated rings. The monoisotopic (exact) mass is 358 g/mol.